The first-order chi connectivity index (χ1) is 12.7. The minimum absolute atomic E-state index is 0.337. The summed E-state index contributed by atoms with van der Waals surface area (Å²) in [5.41, 5.74) is -3.48. The second kappa shape index (κ2) is 5.98. The lowest BCUT2D eigenvalue weighted by atomic mass is 10.0. The molecule has 2 heterocycles. The van der Waals surface area contributed by atoms with Crippen molar-refractivity contribution in [2.75, 3.05) is 0 Å². The molecule has 0 radical (unpaired) electrons. The highest BCUT2D eigenvalue weighted by atomic mass is 16.8. The van der Waals surface area contributed by atoms with Crippen molar-refractivity contribution in [3.63, 3.8) is 0 Å². The Morgan fingerprint density at radius 3 is 1.85 bits per heavy atom. The fourth-order valence-corrected chi connectivity index (χ4v) is 2.21. The maximum atomic E-state index is 11.7. The van der Waals surface area contributed by atoms with Gasteiger partial charge in [0, 0.05) is 11.6 Å². The van der Waals surface area contributed by atoms with Crippen LogP contribution < -0.4 is 9.81 Å². The van der Waals surface area contributed by atoms with Crippen molar-refractivity contribution in [1.29, 1.82) is 0 Å². The van der Waals surface area contributed by atoms with Crippen LogP contribution in [0.3, 0.4) is 0 Å². The minimum atomic E-state index is -1.14. The number of nitrogens with zero attached hydrogens (tertiary/aromatic N) is 7. The highest BCUT2D eigenvalue weighted by molar-refractivity contribution is 5.79. The van der Waals surface area contributed by atoms with Crippen molar-refractivity contribution < 1.29 is 33.8 Å². The first-order valence-electron chi connectivity index (χ1n) is 6.49. The van der Waals surface area contributed by atoms with E-state index in [0.717, 1.165) is 18.2 Å². The first kappa shape index (κ1) is 17.1. The third kappa shape index (κ3) is 2.69. The van der Waals surface area contributed by atoms with E-state index in [1.54, 1.807) is 0 Å². The highest BCUT2D eigenvalue weighted by Crippen LogP contribution is 2.36. The molecular formula is C10H3N7O10. The van der Waals surface area contributed by atoms with Gasteiger partial charge in [0.25, 0.3) is 17.1 Å². The van der Waals surface area contributed by atoms with Crippen LogP contribution in [0.5, 0.6) is 0 Å². The number of nitro benzene ring substituents is 1. The van der Waals surface area contributed by atoms with Crippen LogP contribution in [0.4, 0.5) is 17.3 Å². The Hall–Kier alpha value is -4.70. The van der Waals surface area contributed by atoms with Gasteiger partial charge in [-0.15, -0.1) is 0 Å². The summed E-state index contributed by atoms with van der Waals surface area (Å²) in [6.07, 6.45) is 0. The average molecular weight is 381 g/mol. The van der Waals surface area contributed by atoms with Gasteiger partial charge in [-0.1, -0.05) is 0 Å². The molecule has 138 valence electrons. The number of aromatic nitrogens is 4. The number of benzene rings is 1. The van der Waals surface area contributed by atoms with Crippen LogP contribution in [0, 0.1) is 40.8 Å². The SMILES string of the molecule is O=[N+]([O-])c1ccc(-c2c([N+](=O)[O-])no[n+]2[O-])cc1-c1c([N+](=O)[O-])no[n+]1[O-]. The van der Waals surface area contributed by atoms with Gasteiger partial charge in [-0.2, -0.15) is 0 Å². The van der Waals surface area contributed by atoms with Gasteiger partial charge < -0.3 is 30.6 Å². The zero-order chi connectivity index (χ0) is 19.9. The number of nitro groups is 3. The van der Waals surface area contributed by atoms with Gasteiger partial charge in [0.2, 0.25) is 0 Å². The van der Waals surface area contributed by atoms with Crippen molar-refractivity contribution in [1.82, 2.24) is 10.3 Å². The maximum Gasteiger partial charge on any atom is 0.441 e. The summed E-state index contributed by atoms with van der Waals surface area (Å²) in [5, 5.41) is 62.4. The van der Waals surface area contributed by atoms with Crippen molar-refractivity contribution >= 4 is 17.3 Å². The molecule has 0 unspecified atom stereocenters. The average Bonchev–Trinajstić information content (AvgIpc) is 3.17. The Bertz CT molecular complexity index is 1100. The van der Waals surface area contributed by atoms with Crippen LogP contribution in [-0.2, 0) is 0 Å². The lowest BCUT2D eigenvalue weighted by Crippen LogP contribution is -2.26. The molecule has 0 saturated heterocycles. The van der Waals surface area contributed by atoms with Gasteiger partial charge in [0.15, 0.2) is 0 Å². The summed E-state index contributed by atoms with van der Waals surface area (Å²) in [4.78, 5) is 29.2. The topological polar surface area (TPSA) is 235 Å². The predicted octanol–water partition coefficient (Wildman–Crippen LogP) is -0.0120. The molecule has 0 aliphatic heterocycles. The van der Waals surface area contributed by atoms with Crippen LogP contribution in [-0.4, -0.2) is 25.1 Å². The van der Waals surface area contributed by atoms with Crippen molar-refractivity contribution in [2.24, 2.45) is 0 Å². The third-order valence-electron chi connectivity index (χ3n) is 3.26. The molecule has 0 amide bonds. The lowest BCUT2D eigenvalue weighted by Gasteiger charge is -2.03. The summed E-state index contributed by atoms with van der Waals surface area (Å²) >= 11 is 0. The van der Waals surface area contributed by atoms with E-state index in [9.17, 15) is 40.8 Å². The first-order valence-corrected chi connectivity index (χ1v) is 6.49. The van der Waals surface area contributed by atoms with E-state index in [4.69, 9.17) is 0 Å². The van der Waals surface area contributed by atoms with E-state index in [1.807, 2.05) is 0 Å². The van der Waals surface area contributed by atoms with Crippen LogP contribution in [0.15, 0.2) is 27.5 Å². The van der Waals surface area contributed by atoms with Gasteiger partial charge >= 0.3 is 11.6 Å². The van der Waals surface area contributed by atoms with Gasteiger partial charge in [-0.05, 0) is 31.8 Å². The molecule has 0 aliphatic rings. The quantitative estimate of drug-likeness (QED) is 0.322. The third-order valence-corrected chi connectivity index (χ3v) is 3.26. The van der Waals surface area contributed by atoms with Crippen LogP contribution in [0.25, 0.3) is 22.5 Å². The lowest BCUT2D eigenvalue weighted by molar-refractivity contribution is -0.793. The summed E-state index contributed by atoms with van der Waals surface area (Å²) < 4.78 is 8.24. The standard InChI is InChI=1S/C10H3N7O10/c18-13(19)6-2-1-4(7-9(14(20)21)11-26-16(7)24)3-5(6)8-10(15(22)23)12-27-17(8)25/h1-3H. The van der Waals surface area contributed by atoms with Gasteiger partial charge in [-0.25, -0.2) is 0 Å². The Balaban J connectivity index is 2.33. The van der Waals surface area contributed by atoms with Crippen LogP contribution >= 0.6 is 0 Å². The van der Waals surface area contributed by atoms with Gasteiger partial charge in [0.1, 0.15) is 5.56 Å². The van der Waals surface area contributed by atoms with E-state index in [2.05, 4.69) is 19.6 Å². The maximum absolute atomic E-state index is 11.7. The largest absolute Gasteiger partial charge is 0.441 e. The number of hydrogen-bond acceptors (Lipinski definition) is 12. The number of hydrogen-bond donors (Lipinski definition) is 0. The molecule has 17 heteroatoms. The van der Waals surface area contributed by atoms with Crippen molar-refractivity contribution in [3.05, 3.63) is 59.0 Å². The monoisotopic (exact) mass is 381 g/mol. The molecular weight excluding hydrogens is 378 g/mol. The number of rotatable bonds is 5. The molecule has 2 aromatic heterocycles. The molecule has 0 saturated carbocycles. The Labute approximate surface area is 144 Å². The summed E-state index contributed by atoms with van der Waals surface area (Å²) in [7, 11) is 0. The Kier molecular flexibility index (Phi) is 3.80. The fourth-order valence-electron chi connectivity index (χ4n) is 2.21. The molecule has 0 N–H and O–H groups in total. The highest BCUT2D eigenvalue weighted by Gasteiger charge is 2.35. The Morgan fingerprint density at radius 2 is 1.33 bits per heavy atom. The molecule has 1 aromatic carbocycles. The fraction of sp³-hybridized carbons (Fsp3) is 0. The zero-order valence-electron chi connectivity index (χ0n) is 12.4. The van der Waals surface area contributed by atoms with E-state index < -0.39 is 53.9 Å². The van der Waals surface area contributed by atoms with E-state index in [0.29, 0.717) is 0 Å². The molecule has 3 aromatic rings. The molecule has 0 atom stereocenters. The van der Waals surface area contributed by atoms with E-state index in [-0.39, 0.29) is 10.5 Å². The molecule has 0 fully saturated rings. The van der Waals surface area contributed by atoms with Crippen LogP contribution in [0.2, 0.25) is 0 Å². The summed E-state index contributed by atoms with van der Waals surface area (Å²) in [6, 6.07) is 2.47. The van der Waals surface area contributed by atoms with Crippen molar-refractivity contribution in [2.45, 2.75) is 0 Å². The van der Waals surface area contributed by atoms with Crippen LogP contribution in [0.1, 0.15) is 0 Å². The summed E-state index contributed by atoms with van der Waals surface area (Å²) in [5.74, 6) is -2.15. The predicted molar refractivity (Wildman–Crippen MR) is 75.3 cm³/mol. The van der Waals surface area contributed by atoms with E-state index >= 15 is 0 Å². The molecule has 0 aliphatic carbocycles. The van der Waals surface area contributed by atoms with Gasteiger partial charge in [0.05, 0.1) is 15.2 Å². The molecule has 3 rings (SSSR count). The second-order valence-electron chi connectivity index (χ2n) is 4.71. The molecule has 0 spiro atoms. The Morgan fingerprint density at radius 1 is 0.815 bits per heavy atom. The zero-order valence-corrected chi connectivity index (χ0v) is 12.4. The van der Waals surface area contributed by atoms with E-state index in [1.165, 1.54) is 0 Å². The smallest absolute Gasteiger partial charge is 0.359 e. The molecule has 17 nitrogen and oxygen atoms in total. The molecule has 27 heavy (non-hydrogen) atoms. The minimum Gasteiger partial charge on any atom is -0.359 e. The second-order valence-corrected chi connectivity index (χ2v) is 4.71. The normalized spacial score (nSPS) is 10.7. The molecule has 0 bridgehead atoms. The van der Waals surface area contributed by atoms with Crippen molar-refractivity contribution in [3.8, 4) is 22.5 Å². The summed E-state index contributed by atoms with van der Waals surface area (Å²) in [6.45, 7) is 0. The van der Waals surface area contributed by atoms with Gasteiger partial charge in [-0.3, -0.25) is 19.4 Å².